The molecule has 3 aromatic rings. The maximum absolute atomic E-state index is 12.5. The van der Waals surface area contributed by atoms with Crippen molar-refractivity contribution in [2.75, 3.05) is 17.7 Å². The SMILES string of the molecule is CCc1cccc(C)c1Nc1cnc(C(=O)Nc2cc(C)ccc2OC)cn1. The lowest BCUT2D eigenvalue weighted by Gasteiger charge is -2.13. The Morgan fingerprint density at radius 2 is 1.93 bits per heavy atom. The van der Waals surface area contributed by atoms with Crippen molar-refractivity contribution in [2.24, 2.45) is 0 Å². The molecule has 0 aliphatic rings. The molecule has 0 saturated heterocycles. The highest BCUT2D eigenvalue weighted by Crippen LogP contribution is 2.26. The molecule has 6 nitrogen and oxygen atoms in total. The van der Waals surface area contributed by atoms with E-state index < -0.39 is 0 Å². The molecule has 0 atom stereocenters. The number of benzene rings is 2. The highest BCUT2D eigenvalue weighted by atomic mass is 16.5. The van der Waals surface area contributed by atoms with Crippen LogP contribution in [0.5, 0.6) is 5.75 Å². The van der Waals surface area contributed by atoms with Gasteiger partial charge in [0.25, 0.3) is 5.91 Å². The Labute approximate surface area is 165 Å². The summed E-state index contributed by atoms with van der Waals surface area (Å²) in [6, 6.07) is 11.8. The van der Waals surface area contributed by atoms with Crippen LogP contribution >= 0.6 is 0 Å². The lowest BCUT2D eigenvalue weighted by molar-refractivity contribution is 0.102. The van der Waals surface area contributed by atoms with Crippen molar-refractivity contribution in [1.29, 1.82) is 0 Å². The van der Waals surface area contributed by atoms with Crippen molar-refractivity contribution in [3.05, 3.63) is 71.2 Å². The molecule has 0 aliphatic heterocycles. The van der Waals surface area contributed by atoms with Crippen molar-refractivity contribution < 1.29 is 9.53 Å². The van der Waals surface area contributed by atoms with E-state index in [1.165, 1.54) is 11.8 Å². The fourth-order valence-electron chi connectivity index (χ4n) is 2.95. The molecule has 2 aromatic carbocycles. The number of nitrogens with zero attached hydrogens (tertiary/aromatic N) is 2. The number of anilines is 3. The number of methoxy groups -OCH3 is 1. The number of carbonyl (C=O) groups is 1. The highest BCUT2D eigenvalue weighted by Gasteiger charge is 2.12. The third kappa shape index (κ3) is 4.28. The van der Waals surface area contributed by atoms with Crippen LogP contribution in [0.3, 0.4) is 0 Å². The predicted molar refractivity (Wildman–Crippen MR) is 112 cm³/mol. The standard InChI is InChI=1S/C22H24N4O2/c1-5-16-8-6-7-15(3)21(16)26-20-13-23-18(12-24-20)22(27)25-17-11-14(2)9-10-19(17)28-4/h6-13H,5H2,1-4H3,(H,24,26)(H,25,27). The van der Waals surface area contributed by atoms with Gasteiger partial charge >= 0.3 is 0 Å². The summed E-state index contributed by atoms with van der Waals surface area (Å²) in [7, 11) is 1.57. The van der Waals surface area contributed by atoms with Crippen LogP contribution in [0.15, 0.2) is 48.8 Å². The van der Waals surface area contributed by atoms with Gasteiger partial charge < -0.3 is 15.4 Å². The second-order valence-corrected chi connectivity index (χ2v) is 6.53. The van der Waals surface area contributed by atoms with Gasteiger partial charge in [-0.05, 0) is 49.1 Å². The Balaban J connectivity index is 1.76. The fourth-order valence-corrected chi connectivity index (χ4v) is 2.95. The summed E-state index contributed by atoms with van der Waals surface area (Å²) in [5.41, 5.74) is 5.22. The van der Waals surface area contributed by atoms with Gasteiger partial charge in [0.1, 0.15) is 17.3 Å². The summed E-state index contributed by atoms with van der Waals surface area (Å²) >= 11 is 0. The van der Waals surface area contributed by atoms with Crippen LogP contribution < -0.4 is 15.4 Å². The van der Waals surface area contributed by atoms with Crippen LogP contribution in [-0.4, -0.2) is 23.0 Å². The van der Waals surface area contributed by atoms with Crippen LogP contribution in [0.4, 0.5) is 17.2 Å². The number of ether oxygens (including phenoxy) is 1. The first kappa shape index (κ1) is 19.4. The number of nitrogens with one attached hydrogen (secondary N) is 2. The van der Waals surface area contributed by atoms with E-state index in [1.54, 1.807) is 13.3 Å². The Kier molecular flexibility index (Phi) is 5.89. The van der Waals surface area contributed by atoms with Crippen LogP contribution in [0.2, 0.25) is 0 Å². The molecule has 0 saturated carbocycles. The minimum Gasteiger partial charge on any atom is -0.495 e. The normalized spacial score (nSPS) is 10.4. The molecule has 2 N–H and O–H groups in total. The van der Waals surface area contributed by atoms with Crippen LogP contribution in [0.1, 0.15) is 34.1 Å². The summed E-state index contributed by atoms with van der Waals surface area (Å²) in [5, 5.41) is 6.14. The third-order valence-electron chi connectivity index (χ3n) is 4.48. The molecule has 0 spiro atoms. The zero-order valence-electron chi connectivity index (χ0n) is 16.5. The fraction of sp³-hybridized carbons (Fsp3) is 0.227. The number of rotatable bonds is 6. The zero-order valence-corrected chi connectivity index (χ0v) is 16.5. The maximum atomic E-state index is 12.5. The maximum Gasteiger partial charge on any atom is 0.275 e. The van der Waals surface area contributed by atoms with E-state index >= 15 is 0 Å². The van der Waals surface area contributed by atoms with E-state index in [0.717, 1.165) is 23.2 Å². The number of hydrogen-bond donors (Lipinski definition) is 2. The lowest BCUT2D eigenvalue weighted by atomic mass is 10.1. The molecule has 1 aromatic heterocycles. The Bertz CT molecular complexity index is 984. The number of aromatic nitrogens is 2. The smallest absolute Gasteiger partial charge is 0.275 e. The Morgan fingerprint density at radius 1 is 1.11 bits per heavy atom. The number of carbonyl (C=O) groups excluding carboxylic acids is 1. The number of hydrogen-bond acceptors (Lipinski definition) is 5. The molecule has 144 valence electrons. The highest BCUT2D eigenvalue weighted by molar-refractivity contribution is 6.03. The van der Waals surface area contributed by atoms with Gasteiger partial charge in [-0.25, -0.2) is 9.97 Å². The van der Waals surface area contributed by atoms with Gasteiger partial charge in [-0.3, -0.25) is 4.79 Å². The van der Waals surface area contributed by atoms with E-state index in [2.05, 4.69) is 33.6 Å². The number of amides is 1. The Morgan fingerprint density at radius 3 is 2.61 bits per heavy atom. The van der Waals surface area contributed by atoms with Gasteiger partial charge in [0.15, 0.2) is 0 Å². The molecule has 1 amide bonds. The summed E-state index contributed by atoms with van der Waals surface area (Å²) in [6.07, 6.45) is 3.94. The minimum atomic E-state index is -0.340. The molecule has 6 heteroatoms. The molecule has 0 bridgehead atoms. The molecule has 0 unspecified atom stereocenters. The first-order chi connectivity index (χ1) is 13.5. The van der Waals surface area contributed by atoms with E-state index in [9.17, 15) is 4.79 Å². The summed E-state index contributed by atoms with van der Waals surface area (Å²) < 4.78 is 5.29. The average molecular weight is 376 g/mol. The Hall–Kier alpha value is -3.41. The minimum absolute atomic E-state index is 0.231. The van der Waals surface area contributed by atoms with Crippen LogP contribution in [0.25, 0.3) is 0 Å². The van der Waals surface area contributed by atoms with E-state index in [-0.39, 0.29) is 11.6 Å². The molecule has 28 heavy (non-hydrogen) atoms. The number of para-hydroxylation sites is 1. The lowest BCUT2D eigenvalue weighted by Crippen LogP contribution is -2.15. The van der Waals surface area contributed by atoms with Gasteiger partial charge in [-0.15, -0.1) is 0 Å². The van der Waals surface area contributed by atoms with Gasteiger partial charge in [0.2, 0.25) is 0 Å². The first-order valence-corrected chi connectivity index (χ1v) is 9.15. The van der Waals surface area contributed by atoms with Gasteiger partial charge in [-0.1, -0.05) is 31.2 Å². The molecule has 0 radical (unpaired) electrons. The van der Waals surface area contributed by atoms with Crippen molar-refractivity contribution in [2.45, 2.75) is 27.2 Å². The largest absolute Gasteiger partial charge is 0.495 e. The topological polar surface area (TPSA) is 76.1 Å². The predicted octanol–water partition coefficient (Wildman–Crippen LogP) is 4.66. The molecular weight excluding hydrogens is 352 g/mol. The molecule has 0 fully saturated rings. The van der Waals surface area contributed by atoms with Gasteiger partial charge in [0, 0.05) is 5.69 Å². The summed E-state index contributed by atoms with van der Waals surface area (Å²) in [4.78, 5) is 21.1. The second kappa shape index (κ2) is 8.52. The van der Waals surface area contributed by atoms with Crippen LogP contribution in [0, 0.1) is 13.8 Å². The van der Waals surface area contributed by atoms with Crippen molar-refractivity contribution in [3.8, 4) is 5.75 Å². The number of aryl methyl sites for hydroxylation is 3. The summed E-state index contributed by atoms with van der Waals surface area (Å²) in [5.74, 6) is 0.846. The molecule has 1 heterocycles. The molecular formula is C22H24N4O2. The van der Waals surface area contributed by atoms with E-state index in [0.29, 0.717) is 17.3 Å². The van der Waals surface area contributed by atoms with E-state index in [1.807, 2.05) is 44.2 Å². The molecule has 3 rings (SSSR count). The van der Waals surface area contributed by atoms with Gasteiger partial charge in [0.05, 0.1) is 25.2 Å². The zero-order chi connectivity index (χ0) is 20.1. The van der Waals surface area contributed by atoms with Gasteiger partial charge in [-0.2, -0.15) is 0 Å². The monoisotopic (exact) mass is 376 g/mol. The third-order valence-corrected chi connectivity index (χ3v) is 4.48. The summed E-state index contributed by atoms with van der Waals surface area (Å²) in [6.45, 7) is 6.11. The second-order valence-electron chi connectivity index (χ2n) is 6.53. The molecule has 0 aliphatic carbocycles. The quantitative estimate of drug-likeness (QED) is 0.654. The van der Waals surface area contributed by atoms with Crippen molar-refractivity contribution in [1.82, 2.24) is 9.97 Å². The average Bonchev–Trinajstić information content (AvgIpc) is 2.70. The van der Waals surface area contributed by atoms with Crippen LogP contribution in [-0.2, 0) is 6.42 Å². The van der Waals surface area contributed by atoms with Crippen molar-refractivity contribution >= 4 is 23.1 Å². The van der Waals surface area contributed by atoms with E-state index in [4.69, 9.17) is 4.74 Å². The first-order valence-electron chi connectivity index (χ1n) is 9.15. The van der Waals surface area contributed by atoms with Crippen molar-refractivity contribution in [3.63, 3.8) is 0 Å².